The van der Waals surface area contributed by atoms with Crippen molar-refractivity contribution < 1.29 is 39.9 Å². The molecule has 0 saturated carbocycles. The molecule has 0 bridgehead atoms. The smallest absolute Gasteiger partial charge is 0.279 e. The molecule has 16 nitrogen and oxygen atoms in total. The lowest BCUT2D eigenvalue weighted by Crippen LogP contribution is -2.40. The summed E-state index contributed by atoms with van der Waals surface area (Å²) in [4.78, 5) is 38.2. The Hall–Kier alpha value is -5.55. The van der Waals surface area contributed by atoms with Crippen molar-refractivity contribution >= 4 is 86.2 Å². The summed E-state index contributed by atoms with van der Waals surface area (Å²) in [5.41, 5.74) is 3.29. The van der Waals surface area contributed by atoms with E-state index >= 15 is 0 Å². The second-order valence-corrected chi connectivity index (χ2v) is 22.5. The van der Waals surface area contributed by atoms with Gasteiger partial charge in [-0.25, -0.2) is 18.4 Å². The number of aromatic nitrogens is 2. The SMILES string of the molecule is CC.CC.CC.Cc1ccc(S(=O)(=O)N(c2nccs2)S(=O)(=O)c2ccc(N3CCC(O)C3=O)cc2)cc1.O=C1C(N2CCC(c3ccccc3)C2)CCN1c1ccc(S(=O)(=O)Nc2nccs2)cc1. The van der Waals surface area contributed by atoms with Gasteiger partial charge >= 0.3 is 0 Å². The van der Waals surface area contributed by atoms with Crippen molar-refractivity contribution in [2.24, 2.45) is 0 Å². The van der Waals surface area contributed by atoms with Crippen LogP contribution in [0.1, 0.15) is 77.8 Å². The lowest BCUT2D eigenvalue weighted by atomic mass is 9.99. The Morgan fingerprint density at radius 2 is 1.13 bits per heavy atom. The van der Waals surface area contributed by atoms with Crippen molar-refractivity contribution in [2.45, 2.75) is 100 Å². The number of amides is 2. The van der Waals surface area contributed by atoms with Crippen molar-refractivity contribution in [3.63, 3.8) is 0 Å². The molecule has 2 amide bonds. The van der Waals surface area contributed by atoms with E-state index in [-0.39, 0.29) is 38.2 Å². The van der Waals surface area contributed by atoms with Crippen LogP contribution in [0.2, 0.25) is 0 Å². The van der Waals surface area contributed by atoms with Crippen LogP contribution in [0.3, 0.4) is 0 Å². The number of sulfonamides is 3. The van der Waals surface area contributed by atoms with E-state index in [0.29, 0.717) is 33.5 Å². The summed E-state index contributed by atoms with van der Waals surface area (Å²) in [5.74, 6) is 0.0927. The monoisotopic (exact) mass is 1050 g/mol. The first-order chi connectivity index (χ1) is 33.6. The lowest BCUT2D eigenvalue weighted by molar-refractivity contribution is -0.124. The van der Waals surface area contributed by atoms with Crippen molar-refractivity contribution in [2.75, 3.05) is 44.4 Å². The molecule has 21 heteroatoms. The Kier molecular flexibility index (Phi) is 19.8. The van der Waals surface area contributed by atoms with Crippen LogP contribution in [-0.4, -0.2) is 95.4 Å². The van der Waals surface area contributed by atoms with Gasteiger partial charge in [-0.05, 0) is 98.5 Å². The summed E-state index contributed by atoms with van der Waals surface area (Å²) < 4.78 is 81.5. The van der Waals surface area contributed by atoms with Crippen LogP contribution in [0.5, 0.6) is 0 Å². The van der Waals surface area contributed by atoms with Crippen molar-refractivity contribution in [3.05, 3.63) is 137 Å². The predicted octanol–water partition coefficient (Wildman–Crippen LogP) is 8.75. The Morgan fingerprint density at radius 3 is 1.64 bits per heavy atom. The molecule has 376 valence electrons. The van der Waals surface area contributed by atoms with Gasteiger partial charge in [0.05, 0.1) is 20.7 Å². The minimum atomic E-state index is -4.56. The molecule has 3 saturated heterocycles. The highest BCUT2D eigenvalue weighted by Crippen LogP contribution is 2.35. The quantitative estimate of drug-likeness (QED) is 0.118. The van der Waals surface area contributed by atoms with E-state index in [2.05, 4.69) is 43.9 Å². The number of hydrogen-bond acceptors (Lipinski definition) is 14. The Labute approximate surface area is 420 Å². The van der Waals surface area contributed by atoms with Gasteiger partial charge in [0.1, 0.15) is 6.10 Å². The van der Waals surface area contributed by atoms with Crippen LogP contribution in [0, 0.1) is 6.92 Å². The van der Waals surface area contributed by atoms with Gasteiger partial charge in [0.25, 0.3) is 36.0 Å². The van der Waals surface area contributed by atoms with E-state index in [9.17, 15) is 39.9 Å². The minimum absolute atomic E-state index is 0.0928. The Morgan fingerprint density at radius 1 is 0.614 bits per heavy atom. The molecule has 2 aromatic heterocycles. The van der Waals surface area contributed by atoms with Crippen molar-refractivity contribution in [1.29, 1.82) is 0 Å². The van der Waals surface area contributed by atoms with Crippen LogP contribution < -0.4 is 18.2 Å². The average Bonchev–Trinajstić information content (AvgIpc) is 4.26. The zero-order chi connectivity index (χ0) is 51.2. The first-order valence-electron chi connectivity index (χ1n) is 23.1. The third-order valence-electron chi connectivity index (χ3n) is 11.2. The maximum atomic E-state index is 13.5. The molecule has 0 aliphatic carbocycles. The van der Waals surface area contributed by atoms with E-state index in [1.807, 2.05) is 47.6 Å². The number of thiazole rings is 2. The van der Waals surface area contributed by atoms with Crippen LogP contribution in [0.25, 0.3) is 0 Å². The number of aliphatic hydroxyl groups is 1. The summed E-state index contributed by atoms with van der Waals surface area (Å²) in [6, 6.07) is 28.0. The molecule has 5 heterocycles. The van der Waals surface area contributed by atoms with Gasteiger partial charge in [0, 0.05) is 60.6 Å². The molecular weight excluding hydrogens is 991 g/mol. The van der Waals surface area contributed by atoms with Crippen LogP contribution >= 0.6 is 22.7 Å². The Balaban J connectivity index is 0.000000236. The van der Waals surface area contributed by atoms with E-state index in [4.69, 9.17) is 0 Å². The number of hydrogen-bond donors (Lipinski definition) is 2. The first-order valence-corrected chi connectivity index (χ1v) is 29.2. The number of benzene rings is 4. The maximum Gasteiger partial charge on any atom is 0.279 e. The van der Waals surface area contributed by atoms with Crippen LogP contribution in [0.15, 0.2) is 141 Å². The van der Waals surface area contributed by atoms with E-state index in [1.165, 1.54) is 81.9 Å². The second kappa shape index (κ2) is 25.0. The number of carbonyl (C=O) groups is 2. The third-order valence-corrected chi connectivity index (χ3v) is 18.5. The molecule has 3 unspecified atom stereocenters. The molecule has 6 aromatic rings. The van der Waals surface area contributed by atoms with Gasteiger partial charge in [0.2, 0.25) is 11.0 Å². The predicted molar refractivity (Wildman–Crippen MR) is 279 cm³/mol. The Bertz CT molecular complexity index is 2930. The van der Waals surface area contributed by atoms with Gasteiger partial charge in [-0.3, -0.25) is 19.2 Å². The summed E-state index contributed by atoms with van der Waals surface area (Å²) in [6.07, 6.45) is 3.91. The van der Waals surface area contributed by atoms with Gasteiger partial charge in [-0.2, -0.15) is 16.8 Å². The first kappa shape index (κ1) is 55.4. The molecule has 3 aliphatic heterocycles. The topological polar surface area (TPSA) is 208 Å². The fourth-order valence-corrected chi connectivity index (χ4v) is 14.3. The lowest BCUT2D eigenvalue weighted by Gasteiger charge is -2.23. The van der Waals surface area contributed by atoms with E-state index in [1.54, 1.807) is 47.7 Å². The summed E-state index contributed by atoms with van der Waals surface area (Å²) >= 11 is 2.10. The largest absolute Gasteiger partial charge is 0.383 e. The van der Waals surface area contributed by atoms with Crippen LogP contribution in [-0.2, 0) is 39.7 Å². The van der Waals surface area contributed by atoms with Gasteiger partial charge in [-0.15, -0.1) is 26.4 Å². The number of rotatable bonds is 12. The third kappa shape index (κ3) is 12.7. The minimum Gasteiger partial charge on any atom is -0.383 e. The van der Waals surface area contributed by atoms with E-state index < -0.39 is 42.1 Å². The highest BCUT2D eigenvalue weighted by molar-refractivity contribution is 8.10. The maximum absolute atomic E-state index is 13.5. The van der Waals surface area contributed by atoms with Crippen LogP contribution in [0.4, 0.5) is 21.6 Å². The molecule has 3 atom stereocenters. The number of aliphatic hydroxyl groups excluding tert-OH is 1. The zero-order valence-corrected chi connectivity index (χ0v) is 44.3. The number of nitrogens with zero attached hydrogens (tertiary/aromatic N) is 6. The molecule has 0 radical (unpaired) electrons. The van der Waals surface area contributed by atoms with Crippen molar-refractivity contribution in [1.82, 2.24) is 14.9 Å². The normalized spacial score (nSPS) is 18.0. The van der Waals surface area contributed by atoms with Gasteiger partial charge in [0.15, 0.2) is 5.13 Å². The molecule has 0 spiro atoms. The number of aryl methyl sites for hydroxylation is 1. The molecule has 70 heavy (non-hydrogen) atoms. The molecule has 3 aliphatic rings. The summed E-state index contributed by atoms with van der Waals surface area (Å²) in [5, 5.41) is 12.9. The zero-order valence-electron chi connectivity index (χ0n) is 40.2. The fraction of sp³-hybridized carbons (Fsp3) is 0.347. The number of carbonyl (C=O) groups excluding carboxylic acids is 2. The molecule has 4 aromatic carbocycles. The van der Waals surface area contributed by atoms with Gasteiger partial charge in [-0.1, -0.05) is 89.6 Å². The molecule has 3 fully saturated rings. The summed E-state index contributed by atoms with van der Waals surface area (Å²) in [7, 11) is -12.8. The molecule has 2 N–H and O–H groups in total. The van der Waals surface area contributed by atoms with E-state index in [0.717, 1.165) is 48.5 Å². The number of anilines is 4. The fourth-order valence-electron chi connectivity index (χ4n) is 7.84. The number of likely N-dealkylation sites (tertiary alicyclic amines) is 1. The molecular formula is C49H61N7O9S5. The summed E-state index contributed by atoms with van der Waals surface area (Å²) in [6.45, 7) is 16.5. The van der Waals surface area contributed by atoms with Crippen molar-refractivity contribution in [3.8, 4) is 0 Å². The molecule has 9 rings (SSSR count). The second-order valence-electron chi connectivity index (χ2n) is 15.2. The number of nitrogens with one attached hydrogen (secondary N) is 1. The van der Waals surface area contributed by atoms with Gasteiger partial charge < -0.3 is 14.9 Å². The standard InChI is InChI=1S/C23H24N4O3S2.C20H19N3O6S3.3C2H6/c28-22-21(26-13-10-18(16-26)17-4-2-1-3-5-17)11-14-27(22)19-6-8-20(9-7-19)32(29,30)25-23-24-12-15-31-23;1-14-2-6-16(7-3-14)31(26,27)23(20-21-11-13-30-20)32(28,29)17-8-4-15(5-9-17)22-12-10-18(24)19(22)25;3*1-2/h1-9,12,15,18,21H,10-11,13-14,16H2,(H,24,25);2-9,11,13,18,24H,10,12H2,1H3;3*1-2H3. The average molecular weight is 1050 g/mol. The highest BCUT2D eigenvalue weighted by Gasteiger charge is 2.41. The highest BCUT2D eigenvalue weighted by atomic mass is 32.3.